The van der Waals surface area contributed by atoms with Gasteiger partial charge in [-0.1, -0.05) is 13.8 Å². The predicted octanol–water partition coefficient (Wildman–Crippen LogP) is 2.08. The van der Waals surface area contributed by atoms with E-state index in [9.17, 15) is 13.2 Å². The minimum atomic E-state index is -3.60. The molecule has 0 spiro atoms. The maximum atomic E-state index is 12.0. The Morgan fingerprint density at radius 1 is 1.47 bits per heavy atom. The first-order valence-corrected chi connectivity index (χ1v) is 8.36. The van der Waals surface area contributed by atoms with Crippen molar-refractivity contribution >= 4 is 27.3 Å². The van der Waals surface area contributed by atoms with E-state index < -0.39 is 21.9 Å². The number of aliphatic carboxylic acids is 1. The fourth-order valence-corrected chi connectivity index (χ4v) is 4.02. The zero-order valence-electron chi connectivity index (χ0n) is 11.2. The normalized spacial score (nSPS) is 13.7. The summed E-state index contributed by atoms with van der Waals surface area (Å²) in [5, 5.41) is 10.8. The number of hydrogen-bond acceptors (Lipinski definition) is 4. The zero-order valence-corrected chi connectivity index (χ0v) is 12.8. The van der Waals surface area contributed by atoms with Crippen LogP contribution in [0.4, 0.5) is 0 Å². The molecule has 1 aromatic heterocycles. The van der Waals surface area contributed by atoms with E-state index >= 15 is 0 Å². The summed E-state index contributed by atoms with van der Waals surface area (Å²) in [6.07, 6.45) is 0.446. The van der Waals surface area contributed by atoms with Gasteiger partial charge in [-0.05, 0) is 36.3 Å². The maximum absolute atomic E-state index is 12.0. The fourth-order valence-electron chi connectivity index (χ4n) is 1.67. The molecule has 1 aromatic rings. The van der Waals surface area contributed by atoms with E-state index in [0.717, 1.165) is 16.9 Å². The molecule has 0 fully saturated rings. The van der Waals surface area contributed by atoms with E-state index in [1.54, 1.807) is 11.4 Å². The smallest absolute Gasteiger partial charge is 0.307 e. The largest absolute Gasteiger partial charge is 0.481 e. The quantitative estimate of drug-likeness (QED) is 0.808. The fraction of sp³-hybridized carbons (Fsp3) is 0.583. The Morgan fingerprint density at radius 3 is 2.53 bits per heavy atom. The van der Waals surface area contributed by atoms with Crippen molar-refractivity contribution < 1.29 is 18.3 Å². The molecule has 0 aliphatic rings. The number of carbonyl (C=O) groups is 1. The number of nitrogens with one attached hydrogen (secondary N) is 1. The molecule has 2 N–H and O–H groups in total. The number of sulfonamides is 1. The molecule has 7 heteroatoms. The molecule has 1 rings (SSSR count). The molecule has 0 aromatic carbocycles. The van der Waals surface area contributed by atoms with Crippen LogP contribution in [0, 0.1) is 18.8 Å². The van der Waals surface area contributed by atoms with Crippen LogP contribution in [0.15, 0.2) is 15.7 Å². The van der Waals surface area contributed by atoms with Crippen molar-refractivity contribution in [3.8, 4) is 0 Å². The van der Waals surface area contributed by atoms with Crippen molar-refractivity contribution in [2.24, 2.45) is 11.8 Å². The van der Waals surface area contributed by atoms with E-state index in [4.69, 9.17) is 5.11 Å². The van der Waals surface area contributed by atoms with Crippen LogP contribution in [0.5, 0.6) is 0 Å². The molecule has 1 heterocycles. The summed E-state index contributed by atoms with van der Waals surface area (Å²) in [6.45, 7) is 5.56. The molecule has 19 heavy (non-hydrogen) atoms. The third-order valence-corrected chi connectivity index (χ3v) is 5.58. The lowest BCUT2D eigenvalue weighted by Crippen LogP contribution is -2.33. The number of thiophene rings is 1. The first kappa shape index (κ1) is 16.1. The summed E-state index contributed by atoms with van der Waals surface area (Å²) < 4.78 is 26.5. The van der Waals surface area contributed by atoms with Crippen LogP contribution in [0.3, 0.4) is 0 Å². The van der Waals surface area contributed by atoms with Crippen LogP contribution < -0.4 is 4.72 Å². The van der Waals surface area contributed by atoms with Gasteiger partial charge in [-0.3, -0.25) is 4.79 Å². The summed E-state index contributed by atoms with van der Waals surface area (Å²) in [4.78, 5) is 11.1. The second-order valence-corrected chi connectivity index (χ2v) is 7.86. The molecule has 0 saturated carbocycles. The van der Waals surface area contributed by atoms with Gasteiger partial charge in [-0.15, -0.1) is 11.3 Å². The van der Waals surface area contributed by atoms with Crippen molar-refractivity contribution in [3.05, 3.63) is 17.0 Å². The second kappa shape index (κ2) is 6.49. The predicted molar refractivity (Wildman–Crippen MR) is 74.8 cm³/mol. The summed E-state index contributed by atoms with van der Waals surface area (Å²) in [5.74, 6) is -1.47. The molecule has 5 nitrogen and oxygen atoms in total. The minimum absolute atomic E-state index is 0.0766. The standard InChI is InChI=1S/C12H19NO4S2/c1-8(2)4-10(12(14)15)6-13-19(16,17)11-5-9(3)7-18-11/h5,7-8,10,13H,4,6H2,1-3H3,(H,14,15). The number of carboxylic acids is 1. The van der Waals surface area contributed by atoms with Crippen LogP contribution in [0.25, 0.3) is 0 Å². The summed E-state index contributed by atoms with van der Waals surface area (Å²) in [7, 11) is -3.60. The number of carboxylic acid groups (broad SMARTS) is 1. The van der Waals surface area contributed by atoms with Gasteiger partial charge in [0.05, 0.1) is 5.92 Å². The summed E-state index contributed by atoms with van der Waals surface area (Å²) >= 11 is 1.13. The van der Waals surface area contributed by atoms with Crippen LogP contribution in [0.1, 0.15) is 25.8 Å². The van der Waals surface area contributed by atoms with Gasteiger partial charge >= 0.3 is 5.97 Å². The number of rotatable bonds is 7. The average molecular weight is 305 g/mol. The van der Waals surface area contributed by atoms with Gasteiger partial charge in [0.25, 0.3) is 0 Å². The SMILES string of the molecule is Cc1csc(S(=O)(=O)NCC(CC(C)C)C(=O)O)c1. The van der Waals surface area contributed by atoms with Crippen molar-refractivity contribution in [2.75, 3.05) is 6.54 Å². The highest BCUT2D eigenvalue weighted by atomic mass is 32.2. The highest BCUT2D eigenvalue weighted by Gasteiger charge is 2.23. The van der Waals surface area contributed by atoms with Crippen molar-refractivity contribution in [1.29, 1.82) is 0 Å². The van der Waals surface area contributed by atoms with Crippen molar-refractivity contribution in [3.63, 3.8) is 0 Å². The lowest BCUT2D eigenvalue weighted by molar-refractivity contribution is -0.142. The molecular formula is C12H19NO4S2. The second-order valence-electron chi connectivity index (χ2n) is 4.96. The Hall–Kier alpha value is -0.920. The molecule has 1 atom stereocenters. The van der Waals surface area contributed by atoms with Gasteiger partial charge in [0.1, 0.15) is 4.21 Å². The first-order valence-electron chi connectivity index (χ1n) is 6.00. The molecule has 0 aliphatic carbocycles. The van der Waals surface area contributed by atoms with Crippen molar-refractivity contribution in [2.45, 2.75) is 31.4 Å². The summed E-state index contributed by atoms with van der Waals surface area (Å²) in [5.41, 5.74) is 0.877. The van der Waals surface area contributed by atoms with Gasteiger partial charge in [-0.2, -0.15) is 0 Å². The highest BCUT2D eigenvalue weighted by Crippen LogP contribution is 2.20. The lowest BCUT2D eigenvalue weighted by atomic mass is 9.98. The molecule has 108 valence electrons. The topological polar surface area (TPSA) is 83.5 Å². The Morgan fingerprint density at radius 2 is 2.11 bits per heavy atom. The van der Waals surface area contributed by atoms with Crippen LogP contribution in [-0.2, 0) is 14.8 Å². The monoisotopic (exact) mass is 305 g/mol. The number of hydrogen-bond donors (Lipinski definition) is 2. The van der Waals surface area contributed by atoms with Crippen LogP contribution >= 0.6 is 11.3 Å². The van der Waals surface area contributed by atoms with E-state index in [1.807, 2.05) is 20.8 Å². The molecule has 0 saturated heterocycles. The molecule has 1 unspecified atom stereocenters. The van der Waals surface area contributed by atoms with Gasteiger partial charge in [-0.25, -0.2) is 13.1 Å². The van der Waals surface area contributed by atoms with Gasteiger partial charge < -0.3 is 5.11 Å². The third kappa shape index (κ3) is 4.93. The molecule has 0 amide bonds. The Labute approximate surface area is 117 Å². The molecule has 0 aliphatic heterocycles. The maximum Gasteiger partial charge on any atom is 0.307 e. The van der Waals surface area contributed by atoms with Crippen molar-refractivity contribution in [1.82, 2.24) is 4.72 Å². The van der Waals surface area contributed by atoms with Crippen LogP contribution in [0.2, 0.25) is 0 Å². The summed E-state index contributed by atoms with van der Waals surface area (Å²) in [6, 6.07) is 1.57. The van der Waals surface area contributed by atoms with E-state index in [0.29, 0.717) is 6.42 Å². The Bertz CT molecular complexity index is 534. The van der Waals surface area contributed by atoms with Crippen LogP contribution in [-0.4, -0.2) is 26.0 Å². The van der Waals surface area contributed by atoms with Gasteiger partial charge in [0.15, 0.2) is 0 Å². The highest BCUT2D eigenvalue weighted by molar-refractivity contribution is 7.91. The minimum Gasteiger partial charge on any atom is -0.481 e. The Balaban J connectivity index is 2.71. The van der Waals surface area contributed by atoms with E-state index in [-0.39, 0.29) is 16.7 Å². The van der Waals surface area contributed by atoms with E-state index in [2.05, 4.69) is 4.72 Å². The zero-order chi connectivity index (χ0) is 14.6. The van der Waals surface area contributed by atoms with Gasteiger partial charge in [0, 0.05) is 6.54 Å². The molecule has 0 bridgehead atoms. The average Bonchev–Trinajstić information content (AvgIpc) is 2.71. The Kier molecular flexibility index (Phi) is 5.51. The molecule has 0 radical (unpaired) electrons. The van der Waals surface area contributed by atoms with Gasteiger partial charge in [0.2, 0.25) is 10.0 Å². The first-order chi connectivity index (χ1) is 8.72. The lowest BCUT2D eigenvalue weighted by Gasteiger charge is -2.15. The third-order valence-electron chi connectivity index (χ3n) is 2.60. The van der Waals surface area contributed by atoms with E-state index in [1.165, 1.54) is 0 Å². The molecular weight excluding hydrogens is 286 g/mol. The number of aryl methyl sites for hydroxylation is 1.